The lowest BCUT2D eigenvalue weighted by Crippen LogP contribution is -2.55. The molecule has 2 aliphatic rings. The normalized spacial score (nSPS) is 16.6. The molecule has 1 unspecified atom stereocenters. The van der Waals surface area contributed by atoms with E-state index in [1.807, 2.05) is 47.0 Å². The average Bonchev–Trinajstić information content (AvgIpc) is 3.53. The van der Waals surface area contributed by atoms with Crippen molar-refractivity contribution in [2.45, 2.75) is 52.2 Å². The van der Waals surface area contributed by atoms with E-state index in [1.54, 1.807) is 24.2 Å². The fourth-order valence-corrected chi connectivity index (χ4v) is 5.79. The second-order valence-corrected chi connectivity index (χ2v) is 11.6. The van der Waals surface area contributed by atoms with Gasteiger partial charge in [0.1, 0.15) is 11.5 Å². The molecule has 3 N–H and O–H groups in total. The van der Waals surface area contributed by atoms with Gasteiger partial charge in [-0.1, -0.05) is 13.0 Å². The van der Waals surface area contributed by atoms with Crippen LogP contribution in [0.2, 0.25) is 0 Å². The van der Waals surface area contributed by atoms with Gasteiger partial charge < -0.3 is 20.5 Å². The van der Waals surface area contributed by atoms with E-state index in [4.69, 9.17) is 9.72 Å². The number of methoxy groups -OCH3 is 1. The van der Waals surface area contributed by atoms with Gasteiger partial charge in [-0.3, -0.25) is 19.3 Å². The number of hydrogen-bond acceptors (Lipinski definition) is 10. The summed E-state index contributed by atoms with van der Waals surface area (Å²) in [5, 5.41) is 20.8. The first-order valence-corrected chi connectivity index (χ1v) is 14.4. The standard InChI is InChI=1S/C30H41N9O3/c1-7-24(39-14-12-38(13-15-39)18-30(3,4)41)27(40)35-26-22-9-8-21(20(22)10-11-31-26)25-19(2)16-32-29(34-25)33-23-17-37(5)36-28(23)42-6/h8,10-11,16-17,24,41H,7,9,12-15,18H2,1-6H3,(H,31,35,40)(H,32,33,34). The number of ether oxygens (including phenoxy) is 1. The Labute approximate surface area is 246 Å². The van der Waals surface area contributed by atoms with Crippen molar-refractivity contribution in [2.24, 2.45) is 7.05 Å². The molecule has 0 saturated carbocycles. The number of allylic oxidation sites excluding steroid dienone is 1. The van der Waals surface area contributed by atoms with E-state index in [0.29, 0.717) is 42.7 Å². The van der Waals surface area contributed by atoms with E-state index in [-0.39, 0.29) is 11.9 Å². The molecule has 42 heavy (non-hydrogen) atoms. The van der Waals surface area contributed by atoms with Crippen LogP contribution in [0.1, 0.15) is 49.6 Å². The number of carbonyl (C=O) groups is 1. The van der Waals surface area contributed by atoms with Crippen molar-refractivity contribution < 1.29 is 14.6 Å². The summed E-state index contributed by atoms with van der Waals surface area (Å²) >= 11 is 0. The Morgan fingerprint density at radius 1 is 1.21 bits per heavy atom. The van der Waals surface area contributed by atoms with E-state index in [1.165, 1.54) is 0 Å². The minimum absolute atomic E-state index is 0.0436. The van der Waals surface area contributed by atoms with Gasteiger partial charge in [0.15, 0.2) is 0 Å². The van der Waals surface area contributed by atoms with Gasteiger partial charge in [0, 0.05) is 63.3 Å². The van der Waals surface area contributed by atoms with Crippen molar-refractivity contribution in [3.63, 3.8) is 0 Å². The van der Waals surface area contributed by atoms with E-state index in [2.05, 4.69) is 41.6 Å². The SMILES string of the molecule is CCC(C(=O)Nc1nccc2c1CC=C2c1nc(Nc2cn(C)nc2OC)ncc1C)N1CCN(CC(C)(C)O)CC1. The van der Waals surface area contributed by atoms with Gasteiger partial charge >= 0.3 is 0 Å². The van der Waals surface area contributed by atoms with Gasteiger partial charge in [0.05, 0.1) is 30.6 Å². The number of hydrogen-bond donors (Lipinski definition) is 3. The second kappa shape index (κ2) is 12.2. The van der Waals surface area contributed by atoms with Gasteiger partial charge in [-0.2, -0.15) is 0 Å². The van der Waals surface area contributed by atoms with Gasteiger partial charge in [-0.15, -0.1) is 5.10 Å². The molecule has 1 aliphatic carbocycles. The van der Waals surface area contributed by atoms with Crippen molar-refractivity contribution >= 4 is 28.9 Å². The van der Waals surface area contributed by atoms with Gasteiger partial charge in [0.2, 0.25) is 11.9 Å². The molecule has 1 amide bonds. The summed E-state index contributed by atoms with van der Waals surface area (Å²) in [6.45, 7) is 11.5. The maximum atomic E-state index is 13.5. The lowest BCUT2D eigenvalue weighted by Gasteiger charge is -2.40. The molecule has 0 radical (unpaired) electrons. The van der Waals surface area contributed by atoms with E-state index >= 15 is 0 Å². The molecule has 224 valence electrons. The molecule has 0 aromatic carbocycles. The number of carbonyl (C=O) groups excluding carboxylic acids is 1. The Balaban J connectivity index is 1.30. The molecule has 0 bridgehead atoms. The average molecular weight is 576 g/mol. The van der Waals surface area contributed by atoms with Crippen LogP contribution >= 0.6 is 0 Å². The first-order valence-electron chi connectivity index (χ1n) is 14.4. The number of aliphatic hydroxyl groups is 1. The Bertz CT molecular complexity index is 1470. The van der Waals surface area contributed by atoms with Gasteiger partial charge in [-0.05, 0) is 50.8 Å². The minimum Gasteiger partial charge on any atom is -0.478 e. The molecule has 12 nitrogen and oxygen atoms in total. The highest BCUT2D eigenvalue weighted by atomic mass is 16.5. The summed E-state index contributed by atoms with van der Waals surface area (Å²) < 4.78 is 7.01. The molecular formula is C30H41N9O3. The van der Waals surface area contributed by atoms with Crippen LogP contribution in [0.5, 0.6) is 5.88 Å². The van der Waals surface area contributed by atoms with E-state index in [9.17, 15) is 9.90 Å². The zero-order chi connectivity index (χ0) is 30.0. The third-order valence-electron chi connectivity index (χ3n) is 7.71. The molecule has 3 aromatic heterocycles. The van der Waals surface area contributed by atoms with Crippen molar-refractivity contribution in [1.82, 2.24) is 34.5 Å². The lowest BCUT2D eigenvalue weighted by atomic mass is 10.0. The summed E-state index contributed by atoms with van der Waals surface area (Å²) in [6.07, 6.45) is 8.82. The van der Waals surface area contributed by atoms with Crippen LogP contribution in [-0.2, 0) is 18.3 Å². The van der Waals surface area contributed by atoms with Crippen molar-refractivity contribution in [3.8, 4) is 5.88 Å². The maximum Gasteiger partial charge on any atom is 0.256 e. The van der Waals surface area contributed by atoms with Crippen LogP contribution < -0.4 is 15.4 Å². The Kier molecular flexibility index (Phi) is 8.58. The highest BCUT2D eigenvalue weighted by molar-refractivity contribution is 5.96. The highest BCUT2D eigenvalue weighted by Gasteiger charge is 2.31. The van der Waals surface area contributed by atoms with Crippen molar-refractivity contribution in [3.05, 3.63) is 53.1 Å². The number of anilines is 3. The summed E-state index contributed by atoms with van der Waals surface area (Å²) in [4.78, 5) is 31.9. The monoisotopic (exact) mass is 575 g/mol. The largest absolute Gasteiger partial charge is 0.478 e. The molecule has 4 heterocycles. The predicted molar refractivity (Wildman–Crippen MR) is 162 cm³/mol. The molecule has 12 heteroatoms. The minimum atomic E-state index is -0.731. The third-order valence-corrected chi connectivity index (χ3v) is 7.71. The zero-order valence-electron chi connectivity index (χ0n) is 25.3. The van der Waals surface area contributed by atoms with E-state index in [0.717, 1.165) is 54.1 Å². The van der Waals surface area contributed by atoms with Crippen LogP contribution in [0.3, 0.4) is 0 Å². The maximum absolute atomic E-state index is 13.5. The topological polar surface area (TPSA) is 134 Å². The number of β-amino-alcohol motifs (C(OH)–C–C–N with tert-alkyl or cyclic N) is 1. The first kappa shape index (κ1) is 29.6. The number of piperazine rings is 1. The van der Waals surface area contributed by atoms with Crippen molar-refractivity contribution in [1.29, 1.82) is 0 Å². The predicted octanol–water partition coefficient (Wildman–Crippen LogP) is 2.76. The third kappa shape index (κ3) is 6.45. The molecule has 3 aromatic rings. The molecule has 5 rings (SSSR count). The summed E-state index contributed by atoms with van der Waals surface area (Å²) in [6, 6.07) is 1.73. The van der Waals surface area contributed by atoms with Gasteiger partial charge in [-0.25, -0.2) is 15.0 Å². The summed E-state index contributed by atoms with van der Waals surface area (Å²) in [5.74, 6) is 1.44. The Morgan fingerprint density at radius 2 is 1.98 bits per heavy atom. The van der Waals surface area contributed by atoms with Crippen LogP contribution in [0.15, 0.2) is 30.7 Å². The Hall–Kier alpha value is -3.87. The molecule has 1 atom stereocenters. The smallest absolute Gasteiger partial charge is 0.256 e. The fraction of sp³-hybridized carbons (Fsp3) is 0.500. The second-order valence-electron chi connectivity index (χ2n) is 11.6. The number of aryl methyl sites for hydroxylation is 2. The molecule has 0 spiro atoms. The number of nitrogens with zero attached hydrogens (tertiary/aromatic N) is 7. The number of aromatic nitrogens is 5. The zero-order valence-corrected chi connectivity index (χ0v) is 25.3. The number of rotatable bonds is 10. The van der Waals surface area contributed by atoms with Gasteiger partial charge in [0.25, 0.3) is 5.88 Å². The molecule has 1 saturated heterocycles. The van der Waals surface area contributed by atoms with Crippen LogP contribution in [0.25, 0.3) is 5.57 Å². The van der Waals surface area contributed by atoms with Crippen LogP contribution in [0, 0.1) is 6.92 Å². The Morgan fingerprint density at radius 3 is 2.67 bits per heavy atom. The van der Waals surface area contributed by atoms with Crippen LogP contribution in [-0.4, -0.2) is 97.0 Å². The number of fused-ring (bicyclic) bond motifs is 1. The molecular weight excluding hydrogens is 534 g/mol. The summed E-state index contributed by atoms with van der Waals surface area (Å²) in [5.41, 5.74) is 4.66. The number of nitrogens with one attached hydrogen (secondary N) is 2. The van der Waals surface area contributed by atoms with E-state index < -0.39 is 5.60 Å². The number of amides is 1. The summed E-state index contributed by atoms with van der Waals surface area (Å²) in [7, 11) is 3.39. The fourth-order valence-electron chi connectivity index (χ4n) is 5.79. The molecule has 1 fully saturated rings. The first-order chi connectivity index (χ1) is 20.1. The lowest BCUT2D eigenvalue weighted by molar-refractivity contribution is -0.122. The highest BCUT2D eigenvalue weighted by Crippen LogP contribution is 2.36. The van der Waals surface area contributed by atoms with Crippen molar-refractivity contribution in [2.75, 3.05) is 50.5 Å². The quantitative estimate of drug-likeness (QED) is 0.331. The number of pyridine rings is 1. The van der Waals surface area contributed by atoms with Crippen LogP contribution in [0.4, 0.5) is 17.5 Å². The molecule has 1 aliphatic heterocycles.